The molecule has 0 atom stereocenters. The van der Waals surface area contributed by atoms with Crippen molar-refractivity contribution in [2.75, 3.05) is 9.80 Å². The third kappa shape index (κ3) is 7.02. The van der Waals surface area contributed by atoms with Crippen molar-refractivity contribution in [3.63, 3.8) is 0 Å². The molecule has 2 heterocycles. The Balaban J connectivity index is 1.04. The molecule has 0 radical (unpaired) electrons. The molecule has 0 saturated carbocycles. The fourth-order valence-electron chi connectivity index (χ4n) is 14.0. The summed E-state index contributed by atoms with van der Waals surface area (Å²) in [6.45, 7) is 8.92. The van der Waals surface area contributed by atoms with Crippen molar-refractivity contribution >= 4 is 77.7 Å². The monoisotopic (exact) mass is 1070 g/mol. The summed E-state index contributed by atoms with van der Waals surface area (Å²) in [6, 6.07) is 89.5. The maximum atomic E-state index is 11.9. The highest BCUT2D eigenvalue weighted by Crippen LogP contribution is 2.54. The number of hydrogen-bond acceptors (Lipinski definition) is 6. The van der Waals surface area contributed by atoms with Gasteiger partial charge in [-0.15, -0.1) is 0 Å². The third-order valence-electron chi connectivity index (χ3n) is 17.8. The molecule has 0 aliphatic heterocycles. The Labute approximate surface area is 486 Å². The zero-order chi connectivity index (χ0) is 57.2. The van der Waals surface area contributed by atoms with E-state index in [4.69, 9.17) is 0 Å². The number of nitrogens with zero attached hydrogens (tertiary/aromatic N) is 8. The molecule has 0 spiro atoms. The smallest absolute Gasteiger partial charge is 0.103 e. The second kappa shape index (κ2) is 18.6. The summed E-state index contributed by atoms with van der Waals surface area (Å²) in [5.74, 6) is 0. The first-order valence-electron chi connectivity index (χ1n) is 28.2. The molecule has 0 saturated heterocycles. The lowest BCUT2D eigenvalue weighted by molar-refractivity contribution is 0.661. The van der Waals surface area contributed by atoms with E-state index in [2.05, 4.69) is 207 Å². The van der Waals surface area contributed by atoms with E-state index >= 15 is 0 Å². The molecule has 394 valence electrons. The molecule has 2 aromatic heterocycles. The minimum Gasteiger partial charge on any atom is -0.310 e. The molecule has 2 aliphatic rings. The summed E-state index contributed by atoms with van der Waals surface area (Å²) in [4.78, 5) is 4.44. The number of nitriles is 4. The highest BCUT2D eigenvalue weighted by Gasteiger charge is 2.39. The molecule has 0 amide bonds. The molecular formula is C76H50N8. The van der Waals surface area contributed by atoms with Crippen molar-refractivity contribution in [2.45, 2.75) is 38.5 Å². The molecule has 8 heteroatoms. The Bertz CT molecular complexity index is 4660. The topological polar surface area (TPSA) is 112 Å². The molecule has 13 aromatic rings. The quantitative estimate of drug-likeness (QED) is 0.150. The van der Waals surface area contributed by atoms with Gasteiger partial charge in [0.15, 0.2) is 0 Å². The van der Waals surface area contributed by atoms with Crippen LogP contribution in [0, 0.1) is 45.3 Å². The summed E-state index contributed by atoms with van der Waals surface area (Å²) >= 11 is 0. The van der Waals surface area contributed by atoms with Crippen molar-refractivity contribution in [1.29, 1.82) is 21.0 Å². The highest BCUT2D eigenvalue weighted by molar-refractivity contribution is 6.15. The van der Waals surface area contributed by atoms with E-state index in [-0.39, 0.29) is 33.6 Å². The van der Waals surface area contributed by atoms with E-state index in [1.807, 2.05) is 94.1 Å². The fourth-order valence-corrected chi connectivity index (χ4v) is 14.0. The lowest BCUT2D eigenvalue weighted by Crippen LogP contribution is -2.15. The number of anilines is 6. The third-order valence-corrected chi connectivity index (χ3v) is 17.8. The molecule has 84 heavy (non-hydrogen) atoms. The SMILES string of the molecule is CC1(C)c2ccccc2-c2cc3c4cc(N(c5ccccc5)c5ccccc5)ccc4n(-c4c(C#N)c(C#N)c(-n5c6ccc(N(c7ccccc7)c7ccccc7)cc6c6cc7c(cc65)C(C)(C)c5ccccc5-7)c(C#N)c4C#N)c3cc21. The van der Waals surface area contributed by atoms with Crippen LogP contribution in [-0.2, 0) is 10.8 Å². The summed E-state index contributed by atoms with van der Waals surface area (Å²) < 4.78 is 3.94. The van der Waals surface area contributed by atoms with Gasteiger partial charge in [-0.05, 0) is 154 Å². The van der Waals surface area contributed by atoms with Crippen LogP contribution in [0.1, 0.15) is 72.2 Å². The summed E-state index contributed by atoms with van der Waals surface area (Å²) in [7, 11) is 0. The van der Waals surface area contributed by atoms with Crippen molar-refractivity contribution in [1.82, 2.24) is 9.13 Å². The Morgan fingerprint density at radius 2 is 0.583 bits per heavy atom. The molecule has 11 aromatic carbocycles. The van der Waals surface area contributed by atoms with Crippen LogP contribution in [0.25, 0.3) is 77.2 Å². The molecule has 8 nitrogen and oxygen atoms in total. The first kappa shape index (κ1) is 49.6. The summed E-state index contributed by atoms with van der Waals surface area (Å²) in [6.07, 6.45) is 0. The van der Waals surface area contributed by atoms with Crippen LogP contribution in [0.15, 0.2) is 231 Å². The van der Waals surface area contributed by atoms with Gasteiger partial charge in [0.2, 0.25) is 0 Å². The van der Waals surface area contributed by atoms with Crippen LogP contribution in [0.3, 0.4) is 0 Å². The molecular weight excluding hydrogens is 1020 g/mol. The lowest BCUT2D eigenvalue weighted by Gasteiger charge is -2.25. The molecule has 2 aliphatic carbocycles. The van der Waals surface area contributed by atoms with Crippen molar-refractivity contribution in [3.8, 4) is 57.9 Å². The zero-order valence-corrected chi connectivity index (χ0v) is 46.5. The van der Waals surface area contributed by atoms with Gasteiger partial charge >= 0.3 is 0 Å². The van der Waals surface area contributed by atoms with Crippen LogP contribution >= 0.6 is 0 Å². The predicted octanol–water partition coefficient (Wildman–Crippen LogP) is 18.9. The van der Waals surface area contributed by atoms with E-state index in [0.717, 1.165) is 100 Å². The van der Waals surface area contributed by atoms with Gasteiger partial charge in [-0.3, -0.25) is 0 Å². The van der Waals surface area contributed by atoms with Gasteiger partial charge in [0, 0.05) is 66.5 Å². The Morgan fingerprint density at radius 1 is 0.286 bits per heavy atom. The minimum atomic E-state index is -0.411. The van der Waals surface area contributed by atoms with Crippen LogP contribution in [0.5, 0.6) is 0 Å². The van der Waals surface area contributed by atoms with Crippen LogP contribution in [-0.4, -0.2) is 9.13 Å². The number of aromatic nitrogens is 2. The highest BCUT2D eigenvalue weighted by atomic mass is 15.1. The largest absolute Gasteiger partial charge is 0.310 e. The predicted molar refractivity (Wildman–Crippen MR) is 338 cm³/mol. The summed E-state index contributed by atoms with van der Waals surface area (Å²) in [5.41, 5.74) is 17.2. The summed E-state index contributed by atoms with van der Waals surface area (Å²) in [5, 5.41) is 51.2. The van der Waals surface area contributed by atoms with Gasteiger partial charge < -0.3 is 18.9 Å². The van der Waals surface area contributed by atoms with Gasteiger partial charge in [-0.2, -0.15) is 21.0 Å². The number of para-hydroxylation sites is 4. The Hall–Kier alpha value is -11.4. The molecule has 0 N–H and O–H groups in total. The number of rotatable bonds is 8. The number of fused-ring (bicyclic) bond motifs is 12. The Kier molecular flexibility index (Phi) is 11.0. The molecule has 0 unspecified atom stereocenters. The van der Waals surface area contributed by atoms with Crippen LogP contribution in [0.4, 0.5) is 34.1 Å². The van der Waals surface area contributed by atoms with E-state index in [0.29, 0.717) is 11.0 Å². The zero-order valence-electron chi connectivity index (χ0n) is 46.5. The van der Waals surface area contributed by atoms with E-state index in [1.54, 1.807) is 0 Å². The van der Waals surface area contributed by atoms with Crippen molar-refractivity contribution in [2.24, 2.45) is 0 Å². The lowest BCUT2D eigenvalue weighted by atomic mass is 9.82. The molecule has 0 bridgehead atoms. The average Bonchev–Trinajstić information content (AvgIpc) is 1.67. The second-order valence-corrected chi connectivity index (χ2v) is 22.9. The second-order valence-electron chi connectivity index (χ2n) is 22.9. The first-order valence-corrected chi connectivity index (χ1v) is 28.2. The van der Waals surface area contributed by atoms with Gasteiger partial charge in [-0.25, -0.2) is 0 Å². The number of benzene rings is 11. The van der Waals surface area contributed by atoms with Crippen LogP contribution in [0.2, 0.25) is 0 Å². The van der Waals surface area contributed by atoms with Crippen molar-refractivity contribution in [3.05, 3.63) is 275 Å². The minimum absolute atomic E-state index is 0.0102. The number of hydrogen-bond donors (Lipinski definition) is 0. The maximum absolute atomic E-state index is 11.9. The fraction of sp³-hybridized carbons (Fsp3) is 0.0789. The standard InChI is InChI=1S/C76H50N8/c1-75(2)65-31-19-17-29-53(65)55-39-59-57-37-51(81(47-21-9-5-10-22-47)48-23-11-6-12-24-48)33-35-69(57)83(71(59)41-67(55)75)73-61(43-77)63(45-79)74(64(46-80)62(73)44-78)84-70-36-34-52(82(49-25-13-7-14-26-49)50-27-15-8-16-28-50)38-58(70)60-40-56-54-30-18-20-32-66(54)76(3,4)68(56)42-72(60)84/h5-42H,1-4H3. The van der Waals surface area contributed by atoms with E-state index < -0.39 is 10.8 Å². The Morgan fingerprint density at radius 3 is 0.905 bits per heavy atom. The van der Waals surface area contributed by atoms with E-state index in [1.165, 1.54) is 11.1 Å². The van der Waals surface area contributed by atoms with E-state index in [9.17, 15) is 21.0 Å². The average molecular weight is 1080 g/mol. The van der Waals surface area contributed by atoms with Gasteiger partial charge in [-0.1, -0.05) is 149 Å². The first-order chi connectivity index (χ1) is 41.0. The molecule has 15 rings (SSSR count). The van der Waals surface area contributed by atoms with Gasteiger partial charge in [0.1, 0.15) is 24.3 Å². The normalized spacial score (nSPS) is 13.1. The van der Waals surface area contributed by atoms with Crippen molar-refractivity contribution < 1.29 is 0 Å². The van der Waals surface area contributed by atoms with Gasteiger partial charge in [0.25, 0.3) is 0 Å². The van der Waals surface area contributed by atoms with Crippen LogP contribution < -0.4 is 9.80 Å². The maximum Gasteiger partial charge on any atom is 0.103 e. The molecule has 0 fully saturated rings. The van der Waals surface area contributed by atoms with Gasteiger partial charge in [0.05, 0.1) is 55.7 Å².